The number of carbonyl (C=O) groups is 2. The van der Waals surface area contributed by atoms with E-state index < -0.39 is 26.5 Å². The number of ether oxygens (including phenoxy) is 2. The summed E-state index contributed by atoms with van der Waals surface area (Å²) in [7, 11) is 1.48. The third-order valence-corrected chi connectivity index (χ3v) is 16.5. The Bertz CT molecular complexity index is 1570. The number of carbonyl (C=O) groups excluding carboxylic acids is 2. The lowest BCUT2D eigenvalue weighted by molar-refractivity contribution is -0.870. The van der Waals surface area contributed by atoms with Crippen molar-refractivity contribution in [2.45, 2.75) is 341 Å². The maximum absolute atomic E-state index is 12.8. The fourth-order valence-corrected chi connectivity index (χ4v) is 10.9. The number of hydrogen-bond acceptors (Lipinski definition) is 7. The molecule has 0 aromatic heterocycles. The molecule has 480 valence electrons. The van der Waals surface area contributed by atoms with Crippen LogP contribution in [0.15, 0.2) is 60.8 Å². The zero-order valence-corrected chi connectivity index (χ0v) is 55.6. The molecule has 82 heavy (non-hydrogen) atoms. The first-order valence-corrected chi connectivity index (χ1v) is 36.5. The van der Waals surface area contributed by atoms with Gasteiger partial charge in [0.05, 0.1) is 27.7 Å². The molecule has 2 unspecified atom stereocenters. The molecule has 0 rings (SSSR count). The number of quaternary nitrogens is 1. The van der Waals surface area contributed by atoms with Crippen LogP contribution in [0.4, 0.5) is 0 Å². The molecule has 0 fully saturated rings. The lowest BCUT2D eigenvalue weighted by Crippen LogP contribution is -2.37. The van der Waals surface area contributed by atoms with Crippen LogP contribution in [0, 0.1) is 0 Å². The normalized spacial score (nSPS) is 13.5. The van der Waals surface area contributed by atoms with E-state index in [0.29, 0.717) is 17.4 Å². The van der Waals surface area contributed by atoms with Crippen molar-refractivity contribution in [3.63, 3.8) is 0 Å². The molecule has 0 aliphatic carbocycles. The van der Waals surface area contributed by atoms with Gasteiger partial charge in [-0.05, 0) is 83.5 Å². The average Bonchev–Trinajstić information content (AvgIpc) is 3.46. The smallest absolute Gasteiger partial charge is 0.462 e. The van der Waals surface area contributed by atoms with Gasteiger partial charge < -0.3 is 18.9 Å². The van der Waals surface area contributed by atoms with Crippen molar-refractivity contribution >= 4 is 19.8 Å². The van der Waals surface area contributed by atoms with Crippen molar-refractivity contribution in [2.24, 2.45) is 0 Å². The van der Waals surface area contributed by atoms with Crippen LogP contribution < -0.4 is 0 Å². The van der Waals surface area contributed by atoms with Gasteiger partial charge in [0.25, 0.3) is 0 Å². The van der Waals surface area contributed by atoms with Gasteiger partial charge >= 0.3 is 19.8 Å². The van der Waals surface area contributed by atoms with Gasteiger partial charge in [-0.1, -0.05) is 299 Å². The first-order chi connectivity index (χ1) is 40.0. The minimum absolute atomic E-state index is 0.0290. The van der Waals surface area contributed by atoms with Crippen molar-refractivity contribution in [2.75, 3.05) is 47.5 Å². The highest BCUT2D eigenvalue weighted by Crippen LogP contribution is 2.43. The Kier molecular flexibility index (Phi) is 61.5. The standard InChI is InChI=1S/C72H134NO8P/c1-6-8-10-12-14-16-18-20-22-24-26-27-28-29-30-31-32-33-34-35-36-37-38-39-40-41-42-43-44-45-47-48-50-52-54-56-58-60-62-64-71(74)78-68-70(69-80-82(76,77)79-67-66-73(3,4)5)81-72(75)65-63-61-59-57-55-53-51-49-46-25-23-21-19-17-15-13-11-9-7-2/h15,17-18,20-21,23-24,26,46,49,70H,6-14,16,19,22,25,27-45,47-48,50-69H2,1-5H3/p+1/b17-15-,20-18-,23-21-,26-24-,49-46-. The van der Waals surface area contributed by atoms with E-state index in [0.717, 1.165) is 77.0 Å². The summed E-state index contributed by atoms with van der Waals surface area (Å²) in [5.74, 6) is -0.799. The second-order valence-electron chi connectivity index (χ2n) is 24.9. The Morgan fingerprint density at radius 2 is 0.659 bits per heavy atom. The molecule has 2 atom stereocenters. The van der Waals surface area contributed by atoms with Gasteiger partial charge in [-0.3, -0.25) is 18.6 Å². The summed E-state index contributed by atoms with van der Waals surface area (Å²) < 4.78 is 34.7. The van der Waals surface area contributed by atoms with Crippen LogP contribution in [0.1, 0.15) is 335 Å². The van der Waals surface area contributed by atoms with Gasteiger partial charge in [-0.25, -0.2) is 4.57 Å². The third kappa shape index (κ3) is 66.8. The third-order valence-electron chi connectivity index (χ3n) is 15.5. The molecular formula is C72H135NO8P+. The van der Waals surface area contributed by atoms with Crippen molar-refractivity contribution in [3.05, 3.63) is 60.8 Å². The molecular weight excluding hydrogens is 1040 g/mol. The number of esters is 2. The molecule has 0 radical (unpaired) electrons. The second kappa shape index (κ2) is 63.2. The first-order valence-electron chi connectivity index (χ1n) is 35.0. The zero-order valence-electron chi connectivity index (χ0n) is 54.7. The molecule has 10 heteroatoms. The monoisotopic (exact) mass is 1170 g/mol. The van der Waals surface area contributed by atoms with Crippen molar-refractivity contribution < 1.29 is 42.1 Å². The van der Waals surface area contributed by atoms with E-state index in [-0.39, 0.29) is 32.0 Å². The molecule has 0 aliphatic rings. The summed E-state index contributed by atoms with van der Waals surface area (Å²) in [6.45, 7) is 4.42. The maximum atomic E-state index is 12.8. The molecule has 0 aliphatic heterocycles. The molecule has 9 nitrogen and oxygen atoms in total. The van der Waals surface area contributed by atoms with Crippen LogP contribution in [-0.4, -0.2) is 74.9 Å². The number of nitrogens with zero attached hydrogens (tertiary/aromatic N) is 1. The summed E-state index contributed by atoms with van der Waals surface area (Å²) in [5.41, 5.74) is 0. The highest BCUT2D eigenvalue weighted by Gasteiger charge is 2.27. The lowest BCUT2D eigenvalue weighted by Gasteiger charge is -2.24. The largest absolute Gasteiger partial charge is 0.472 e. The molecule has 0 saturated heterocycles. The molecule has 0 spiro atoms. The van der Waals surface area contributed by atoms with Gasteiger partial charge in [0, 0.05) is 12.8 Å². The molecule has 0 amide bonds. The minimum Gasteiger partial charge on any atom is -0.462 e. The number of phosphoric ester groups is 1. The topological polar surface area (TPSA) is 108 Å². The van der Waals surface area contributed by atoms with E-state index in [4.69, 9.17) is 18.5 Å². The summed E-state index contributed by atoms with van der Waals surface area (Å²) in [6, 6.07) is 0. The van der Waals surface area contributed by atoms with Crippen LogP contribution >= 0.6 is 7.82 Å². The van der Waals surface area contributed by atoms with Gasteiger partial charge in [0.2, 0.25) is 0 Å². The van der Waals surface area contributed by atoms with Crippen LogP contribution in [-0.2, 0) is 32.7 Å². The van der Waals surface area contributed by atoms with Crippen molar-refractivity contribution in [1.82, 2.24) is 0 Å². The molecule has 1 N–H and O–H groups in total. The summed E-state index contributed by atoms with van der Waals surface area (Å²) in [6.07, 6.45) is 83.4. The Labute approximate surface area is 508 Å². The molecule has 0 heterocycles. The summed E-state index contributed by atoms with van der Waals surface area (Å²) >= 11 is 0. The van der Waals surface area contributed by atoms with E-state index in [2.05, 4.69) is 74.6 Å². The van der Waals surface area contributed by atoms with Crippen LogP contribution in [0.25, 0.3) is 0 Å². The molecule has 0 saturated carbocycles. The summed E-state index contributed by atoms with van der Waals surface area (Å²) in [4.78, 5) is 35.8. The van der Waals surface area contributed by atoms with Crippen LogP contribution in [0.2, 0.25) is 0 Å². The van der Waals surface area contributed by atoms with Gasteiger partial charge in [0.1, 0.15) is 19.8 Å². The Morgan fingerprint density at radius 1 is 0.378 bits per heavy atom. The molecule has 0 aromatic rings. The van der Waals surface area contributed by atoms with Gasteiger partial charge in [-0.15, -0.1) is 0 Å². The van der Waals surface area contributed by atoms with Crippen LogP contribution in [0.3, 0.4) is 0 Å². The fourth-order valence-electron chi connectivity index (χ4n) is 10.1. The van der Waals surface area contributed by atoms with Crippen molar-refractivity contribution in [1.29, 1.82) is 0 Å². The van der Waals surface area contributed by atoms with E-state index in [1.807, 2.05) is 21.1 Å². The molecule has 0 bridgehead atoms. The fraction of sp³-hybridized carbons (Fsp3) is 0.833. The van der Waals surface area contributed by atoms with Crippen LogP contribution in [0.5, 0.6) is 0 Å². The number of likely N-dealkylation sites (N-methyl/N-ethyl adjacent to an activating group) is 1. The SMILES string of the molecule is CCCCC/C=C\C/C=C\C/C=C\CCCCCCCCC(=O)OC(COC(=O)CCCCCCCCCCCCCCCCCCCCCCCCCCCCC/C=C\C/C=C\CCCCCCC)COP(=O)(O)OCC[N+](C)(C)C. The zero-order chi connectivity index (χ0) is 59.8. The first kappa shape index (κ1) is 79.7. The Morgan fingerprint density at radius 3 is 1.00 bits per heavy atom. The van der Waals surface area contributed by atoms with Crippen molar-refractivity contribution in [3.8, 4) is 0 Å². The van der Waals surface area contributed by atoms with E-state index >= 15 is 0 Å². The predicted molar refractivity (Wildman–Crippen MR) is 353 cm³/mol. The Balaban J connectivity index is 3.91. The predicted octanol–water partition coefficient (Wildman–Crippen LogP) is 22.6. The quantitative estimate of drug-likeness (QED) is 0.0211. The maximum Gasteiger partial charge on any atom is 0.472 e. The highest BCUT2D eigenvalue weighted by atomic mass is 31.2. The van der Waals surface area contributed by atoms with E-state index in [1.54, 1.807) is 0 Å². The molecule has 0 aromatic carbocycles. The van der Waals surface area contributed by atoms with E-state index in [9.17, 15) is 19.0 Å². The lowest BCUT2D eigenvalue weighted by atomic mass is 10.0. The second-order valence-corrected chi connectivity index (χ2v) is 26.4. The number of phosphoric acid groups is 1. The average molecular weight is 1170 g/mol. The number of rotatable bonds is 65. The van der Waals surface area contributed by atoms with E-state index in [1.165, 1.54) is 225 Å². The van der Waals surface area contributed by atoms with Gasteiger partial charge in [-0.2, -0.15) is 0 Å². The number of hydrogen-bond donors (Lipinski definition) is 1. The highest BCUT2D eigenvalue weighted by molar-refractivity contribution is 7.47. The summed E-state index contributed by atoms with van der Waals surface area (Å²) in [5, 5.41) is 0. The Hall–Kier alpha value is -2.29. The number of allylic oxidation sites excluding steroid dienone is 10. The number of unbranched alkanes of at least 4 members (excludes halogenated alkanes) is 41. The minimum atomic E-state index is -4.39. The van der Waals surface area contributed by atoms with Gasteiger partial charge in [0.15, 0.2) is 6.10 Å².